The zero-order chi connectivity index (χ0) is 13.2. The number of unbranched alkanes of at least 4 members (excludes halogenated alkanes) is 3. The molecule has 0 aliphatic heterocycles. The lowest BCUT2D eigenvalue weighted by molar-refractivity contribution is 0.663. The molecule has 96 valence electrons. The van der Waals surface area contributed by atoms with Gasteiger partial charge in [0.15, 0.2) is 0 Å². The van der Waals surface area contributed by atoms with Crippen molar-refractivity contribution in [2.45, 2.75) is 52.9 Å². The lowest BCUT2D eigenvalue weighted by atomic mass is 10.0. The minimum absolute atomic E-state index is 1.09. The molecule has 0 aliphatic carbocycles. The van der Waals surface area contributed by atoms with E-state index in [1.165, 1.54) is 43.3 Å². The molecule has 0 aliphatic rings. The maximum atomic E-state index is 3.27. The highest BCUT2D eigenvalue weighted by atomic mass is 14.0. The molecule has 0 saturated heterocycles. The Morgan fingerprint density at radius 3 is 2.39 bits per heavy atom. The minimum Gasteiger partial charge on any atom is -0.0665 e. The summed E-state index contributed by atoms with van der Waals surface area (Å²) < 4.78 is 0. The van der Waals surface area contributed by atoms with E-state index in [0.717, 1.165) is 5.56 Å². The molecule has 0 heterocycles. The van der Waals surface area contributed by atoms with Gasteiger partial charge in [-0.1, -0.05) is 61.8 Å². The second kappa shape index (κ2) is 8.59. The lowest BCUT2D eigenvalue weighted by Gasteiger charge is -2.02. The Labute approximate surface area is 112 Å². The van der Waals surface area contributed by atoms with Crippen LogP contribution in [-0.4, -0.2) is 0 Å². The summed E-state index contributed by atoms with van der Waals surface area (Å²) in [6, 6.07) is 10.2. The molecule has 0 spiro atoms. The first-order valence-corrected chi connectivity index (χ1v) is 6.97. The van der Waals surface area contributed by atoms with Gasteiger partial charge >= 0.3 is 0 Å². The van der Waals surface area contributed by atoms with Crippen molar-refractivity contribution >= 4 is 0 Å². The van der Waals surface area contributed by atoms with E-state index >= 15 is 0 Å². The number of benzene rings is 1. The summed E-state index contributed by atoms with van der Waals surface area (Å²) in [5, 5.41) is 0. The molecule has 0 fully saturated rings. The molecule has 0 aromatic heterocycles. The molecule has 1 rings (SSSR count). The molecule has 0 nitrogen and oxygen atoms in total. The number of allylic oxidation sites excluding steroid dienone is 2. The molecule has 0 unspecified atom stereocenters. The van der Waals surface area contributed by atoms with Gasteiger partial charge in [-0.3, -0.25) is 0 Å². The summed E-state index contributed by atoms with van der Waals surface area (Å²) in [7, 11) is 0. The summed E-state index contributed by atoms with van der Waals surface area (Å²) >= 11 is 0. The molecule has 18 heavy (non-hydrogen) atoms. The van der Waals surface area contributed by atoms with Crippen LogP contribution in [0, 0.1) is 11.8 Å². The third-order valence-corrected chi connectivity index (χ3v) is 3.21. The zero-order valence-electron chi connectivity index (χ0n) is 11.9. The molecule has 0 bridgehead atoms. The van der Waals surface area contributed by atoms with Crippen molar-refractivity contribution in [2.24, 2.45) is 0 Å². The summed E-state index contributed by atoms with van der Waals surface area (Å²) in [6.45, 7) is 6.59. The van der Waals surface area contributed by atoms with Gasteiger partial charge in [0.2, 0.25) is 0 Å². The number of rotatable bonds is 5. The molecule has 0 radical (unpaired) electrons. The average molecular weight is 240 g/mol. The maximum Gasteiger partial charge on any atom is 0.0248 e. The Morgan fingerprint density at radius 2 is 1.72 bits per heavy atom. The van der Waals surface area contributed by atoms with Crippen molar-refractivity contribution in [3.63, 3.8) is 0 Å². The fraction of sp³-hybridized carbons (Fsp3) is 0.444. The molecule has 0 N–H and O–H groups in total. The molecule has 0 atom stereocenters. The predicted molar refractivity (Wildman–Crippen MR) is 80.5 cm³/mol. The fourth-order valence-corrected chi connectivity index (χ4v) is 1.80. The Hall–Kier alpha value is -1.48. The van der Waals surface area contributed by atoms with Crippen molar-refractivity contribution in [1.82, 2.24) is 0 Å². The summed E-state index contributed by atoms with van der Waals surface area (Å²) in [6.07, 6.45) is 6.48. The van der Waals surface area contributed by atoms with Crippen LogP contribution in [0.2, 0.25) is 0 Å². The highest BCUT2D eigenvalue weighted by Gasteiger charge is 1.95. The minimum atomic E-state index is 1.09. The predicted octanol–water partition coefficient (Wildman–Crippen LogP) is 5.34. The van der Waals surface area contributed by atoms with Crippen LogP contribution in [0.15, 0.2) is 41.5 Å². The van der Waals surface area contributed by atoms with Gasteiger partial charge in [0, 0.05) is 5.56 Å². The third kappa shape index (κ3) is 5.73. The quantitative estimate of drug-likeness (QED) is 0.481. The van der Waals surface area contributed by atoms with Crippen LogP contribution in [0.1, 0.15) is 58.4 Å². The summed E-state index contributed by atoms with van der Waals surface area (Å²) in [4.78, 5) is 0. The average Bonchev–Trinajstić information content (AvgIpc) is 2.42. The second-order valence-electron chi connectivity index (χ2n) is 4.83. The van der Waals surface area contributed by atoms with E-state index < -0.39 is 0 Å². The highest BCUT2D eigenvalue weighted by Crippen LogP contribution is 2.13. The van der Waals surface area contributed by atoms with Crippen molar-refractivity contribution in [3.05, 3.63) is 47.0 Å². The van der Waals surface area contributed by atoms with E-state index in [-0.39, 0.29) is 0 Å². The maximum absolute atomic E-state index is 3.27. The molecule has 0 heteroatoms. The standard InChI is InChI=1S/C18H24/c1-4-5-6-8-11-16(2)17(3)14-15-18-12-9-7-10-13-18/h7,9-10,12-13H,4-6,8,11H2,1-3H3/b17-16+. The highest BCUT2D eigenvalue weighted by molar-refractivity contribution is 5.41. The van der Waals surface area contributed by atoms with Crippen LogP contribution in [0.3, 0.4) is 0 Å². The van der Waals surface area contributed by atoms with E-state index in [1.807, 2.05) is 18.2 Å². The zero-order valence-corrected chi connectivity index (χ0v) is 11.9. The van der Waals surface area contributed by atoms with Gasteiger partial charge in [0.1, 0.15) is 0 Å². The molecular weight excluding hydrogens is 216 g/mol. The number of hydrogen-bond donors (Lipinski definition) is 0. The Bertz CT molecular complexity index is 426. The topological polar surface area (TPSA) is 0 Å². The first kappa shape index (κ1) is 14.6. The first-order chi connectivity index (χ1) is 8.74. The Balaban J connectivity index is 2.52. The molecule has 1 aromatic carbocycles. The Morgan fingerprint density at radius 1 is 1.00 bits per heavy atom. The van der Waals surface area contributed by atoms with Gasteiger partial charge in [-0.05, 0) is 44.4 Å². The fourth-order valence-electron chi connectivity index (χ4n) is 1.80. The van der Waals surface area contributed by atoms with Gasteiger partial charge in [-0.15, -0.1) is 0 Å². The van der Waals surface area contributed by atoms with Crippen molar-refractivity contribution in [2.75, 3.05) is 0 Å². The molecule has 0 saturated carbocycles. The molecule has 0 amide bonds. The lowest BCUT2D eigenvalue weighted by Crippen LogP contribution is -1.84. The van der Waals surface area contributed by atoms with Crippen molar-refractivity contribution < 1.29 is 0 Å². The van der Waals surface area contributed by atoms with Crippen LogP contribution in [-0.2, 0) is 0 Å². The summed E-state index contributed by atoms with van der Waals surface area (Å²) in [5.41, 5.74) is 3.76. The SMILES string of the molecule is CCCCCC/C(C)=C(\C)C#Cc1ccccc1. The van der Waals surface area contributed by atoms with E-state index in [9.17, 15) is 0 Å². The van der Waals surface area contributed by atoms with Gasteiger partial charge in [0.25, 0.3) is 0 Å². The monoisotopic (exact) mass is 240 g/mol. The van der Waals surface area contributed by atoms with Gasteiger partial charge in [-0.25, -0.2) is 0 Å². The molecule has 1 aromatic rings. The van der Waals surface area contributed by atoms with Crippen LogP contribution in [0.4, 0.5) is 0 Å². The van der Waals surface area contributed by atoms with E-state index in [2.05, 4.69) is 44.7 Å². The van der Waals surface area contributed by atoms with Crippen LogP contribution >= 0.6 is 0 Å². The van der Waals surface area contributed by atoms with Crippen molar-refractivity contribution in [3.8, 4) is 11.8 Å². The van der Waals surface area contributed by atoms with Gasteiger partial charge in [-0.2, -0.15) is 0 Å². The van der Waals surface area contributed by atoms with Crippen LogP contribution in [0.25, 0.3) is 0 Å². The van der Waals surface area contributed by atoms with Crippen molar-refractivity contribution in [1.29, 1.82) is 0 Å². The Kier molecular flexibility index (Phi) is 6.96. The van der Waals surface area contributed by atoms with Crippen LogP contribution in [0.5, 0.6) is 0 Å². The largest absolute Gasteiger partial charge is 0.0665 e. The van der Waals surface area contributed by atoms with E-state index in [0.29, 0.717) is 0 Å². The molecular formula is C18H24. The van der Waals surface area contributed by atoms with E-state index in [1.54, 1.807) is 0 Å². The van der Waals surface area contributed by atoms with Gasteiger partial charge < -0.3 is 0 Å². The smallest absolute Gasteiger partial charge is 0.0248 e. The van der Waals surface area contributed by atoms with Crippen LogP contribution < -0.4 is 0 Å². The first-order valence-electron chi connectivity index (χ1n) is 6.97. The van der Waals surface area contributed by atoms with E-state index in [4.69, 9.17) is 0 Å². The second-order valence-corrected chi connectivity index (χ2v) is 4.83. The van der Waals surface area contributed by atoms with Gasteiger partial charge in [0.05, 0.1) is 0 Å². The third-order valence-electron chi connectivity index (χ3n) is 3.21. The normalized spacial score (nSPS) is 11.5. The summed E-state index contributed by atoms with van der Waals surface area (Å²) in [5.74, 6) is 6.49. The number of hydrogen-bond acceptors (Lipinski definition) is 0.